The van der Waals surface area contributed by atoms with Crippen molar-refractivity contribution in [1.29, 1.82) is 0 Å². The lowest BCUT2D eigenvalue weighted by atomic mass is 10.1. The third-order valence-corrected chi connectivity index (χ3v) is 2.56. The fourth-order valence-corrected chi connectivity index (χ4v) is 1.77. The quantitative estimate of drug-likeness (QED) is 0.794. The SMILES string of the molecule is CN(O)Cc1c(Cl)ccc2cccnc12. The molecule has 0 aliphatic heterocycles. The molecule has 15 heavy (non-hydrogen) atoms. The molecule has 0 saturated heterocycles. The molecule has 0 atom stereocenters. The van der Waals surface area contributed by atoms with E-state index in [2.05, 4.69) is 4.98 Å². The lowest BCUT2D eigenvalue weighted by Crippen LogP contribution is -2.12. The maximum Gasteiger partial charge on any atom is 0.0762 e. The van der Waals surface area contributed by atoms with Crippen LogP contribution >= 0.6 is 11.6 Å². The van der Waals surface area contributed by atoms with Crippen LogP contribution in [-0.4, -0.2) is 22.3 Å². The molecule has 0 aliphatic rings. The molecule has 1 aromatic carbocycles. The number of pyridine rings is 1. The summed E-state index contributed by atoms with van der Waals surface area (Å²) in [7, 11) is 1.58. The summed E-state index contributed by atoms with van der Waals surface area (Å²) in [4.78, 5) is 4.27. The molecule has 0 aliphatic carbocycles. The van der Waals surface area contributed by atoms with Crippen molar-refractivity contribution in [3.8, 4) is 0 Å². The van der Waals surface area contributed by atoms with Crippen molar-refractivity contribution in [2.45, 2.75) is 6.54 Å². The van der Waals surface area contributed by atoms with Gasteiger partial charge in [-0.1, -0.05) is 23.7 Å². The van der Waals surface area contributed by atoms with Crippen LogP contribution in [0.4, 0.5) is 0 Å². The Kier molecular flexibility index (Phi) is 2.86. The molecule has 0 bridgehead atoms. The topological polar surface area (TPSA) is 36.4 Å². The van der Waals surface area contributed by atoms with Crippen molar-refractivity contribution in [3.05, 3.63) is 41.0 Å². The smallest absolute Gasteiger partial charge is 0.0762 e. The maximum atomic E-state index is 9.24. The zero-order chi connectivity index (χ0) is 10.8. The molecule has 3 nitrogen and oxygen atoms in total. The van der Waals surface area contributed by atoms with Gasteiger partial charge in [0.1, 0.15) is 0 Å². The van der Waals surface area contributed by atoms with Gasteiger partial charge in [0.15, 0.2) is 0 Å². The van der Waals surface area contributed by atoms with Crippen LogP contribution in [0.1, 0.15) is 5.56 Å². The van der Waals surface area contributed by atoms with Crippen LogP contribution in [0.25, 0.3) is 10.9 Å². The number of benzene rings is 1. The van der Waals surface area contributed by atoms with E-state index in [1.54, 1.807) is 13.2 Å². The van der Waals surface area contributed by atoms with Gasteiger partial charge >= 0.3 is 0 Å². The zero-order valence-corrected chi connectivity index (χ0v) is 9.07. The predicted octanol–water partition coefficient (Wildman–Crippen LogP) is 2.71. The molecule has 2 rings (SSSR count). The lowest BCUT2D eigenvalue weighted by molar-refractivity contribution is -0.0728. The zero-order valence-electron chi connectivity index (χ0n) is 8.31. The summed E-state index contributed by atoms with van der Waals surface area (Å²) in [6.07, 6.45) is 1.72. The highest BCUT2D eigenvalue weighted by Gasteiger charge is 2.08. The van der Waals surface area contributed by atoms with E-state index in [9.17, 15) is 5.21 Å². The van der Waals surface area contributed by atoms with E-state index >= 15 is 0 Å². The van der Waals surface area contributed by atoms with Crippen molar-refractivity contribution in [3.63, 3.8) is 0 Å². The van der Waals surface area contributed by atoms with E-state index in [-0.39, 0.29) is 0 Å². The number of nitrogens with zero attached hydrogens (tertiary/aromatic N) is 2. The molecule has 0 spiro atoms. The molecule has 0 fully saturated rings. The molecule has 1 heterocycles. The number of fused-ring (bicyclic) bond motifs is 1. The Morgan fingerprint density at radius 3 is 2.93 bits per heavy atom. The summed E-state index contributed by atoms with van der Waals surface area (Å²) in [6.45, 7) is 0.368. The van der Waals surface area contributed by atoms with Crippen LogP contribution in [0.15, 0.2) is 30.5 Å². The Hall–Kier alpha value is -1.16. The standard InChI is InChI=1S/C11H11ClN2O/c1-14(15)7-9-10(12)5-4-8-3-2-6-13-11(8)9/h2-6,15H,7H2,1H3. The monoisotopic (exact) mass is 222 g/mol. The highest BCUT2D eigenvalue weighted by Crippen LogP contribution is 2.25. The minimum Gasteiger partial charge on any atom is -0.314 e. The van der Waals surface area contributed by atoms with Crippen molar-refractivity contribution < 1.29 is 5.21 Å². The normalized spacial score (nSPS) is 11.2. The summed E-state index contributed by atoms with van der Waals surface area (Å²) in [5, 5.41) is 12.0. The van der Waals surface area contributed by atoms with Gasteiger partial charge < -0.3 is 5.21 Å². The van der Waals surface area contributed by atoms with E-state index in [4.69, 9.17) is 11.6 Å². The van der Waals surface area contributed by atoms with Gasteiger partial charge in [-0.15, -0.1) is 0 Å². The average Bonchev–Trinajstić information content (AvgIpc) is 2.22. The minimum absolute atomic E-state index is 0.368. The predicted molar refractivity (Wildman–Crippen MR) is 60.0 cm³/mol. The molecular weight excluding hydrogens is 212 g/mol. The first kappa shape index (κ1) is 10.4. The molecule has 1 aromatic heterocycles. The summed E-state index contributed by atoms with van der Waals surface area (Å²) in [5.41, 5.74) is 1.69. The third kappa shape index (κ3) is 2.09. The number of rotatable bonds is 2. The third-order valence-electron chi connectivity index (χ3n) is 2.21. The van der Waals surface area contributed by atoms with Crippen molar-refractivity contribution >= 4 is 22.5 Å². The van der Waals surface area contributed by atoms with E-state index < -0.39 is 0 Å². The molecule has 1 N–H and O–H groups in total. The number of hydrogen-bond acceptors (Lipinski definition) is 3. The van der Waals surface area contributed by atoms with Gasteiger partial charge in [-0.05, 0) is 12.1 Å². The van der Waals surface area contributed by atoms with E-state index in [1.807, 2.05) is 24.3 Å². The molecule has 78 valence electrons. The van der Waals surface area contributed by atoms with Gasteiger partial charge in [0.05, 0.1) is 12.1 Å². The Morgan fingerprint density at radius 1 is 1.40 bits per heavy atom. The van der Waals surface area contributed by atoms with Gasteiger partial charge in [0.2, 0.25) is 0 Å². The Labute approximate surface area is 92.9 Å². The highest BCUT2D eigenvalue weighted by molar-refractivity contribution is 6.32. The first-order valence-corrected chi connectivity index (χ1v) is 4.98. The lowest BCUT2D eigenvalue weighted by Gasteiger charge is -2.11. The Morgan fingerprint density at radius 2 is 2.20 bits per heavy atom. The van der Waals surface area contributed by atoms with E-state index in [0.717, 1.165) is 21.5 Å². The van der Waals surface area contributed by atoms with Crippen molar-refractivity contribution in [1.82, 2.24) is 10.0 Å². The van der Waals surface area contributed by atoms with Crippen LogP contribution in [0, 0.1) is 0 Å². The number of hydroxylamine groups is 2. The van der Waals surface area contributed by atoms with Crippen molar-refractivity contribution in [2.75, 3.05) is 7.05 Å². The van der Waals surface area contributed by atoms with Crippen molar-refractivity contribution in [2.24, 2.45) is 0 Å². The molecule has 0 amide bonds. The summed E-state index contributed by atoms with van der Waals surface area (Å²) >= 11 is 6.07. The van der Waals surface area contributed by atoms with Gasteiger partial charge in [-0.3, -0.25) is 4.98 Å². The number of hydrogen-bond donors (Lipinski definition) is 1. The number of halogens is 1. The first-order chi connectivity index (χ1) is 7.18. The highest BCUT2D eigenvalue weighted by atomic mass is 35.5. The van der Waals surface area contributed by atoms with E-state index in [1.165, 1.54) is 0 Å². The molecular formula is C11H11ClN2O. The maximum absolute atomic E-state index is 9.24. The van der Waals surface area contributed by atoms with Crippen LogP contribution < -0.4 is 0 Å². The fourth-order valence-electron chi connectivity index (χ4n) is 1.56. The largest absolute Gasteiger partial charge is 0.314 e. The van der Waals surface area contributed by atoms with Gasteiger partial charge in [0, 0.05) is 29.2 Å². The molecule has 4 heteroatoms. The molecule has 2 aromatic rings. The first-order valence-electron chi connectivity index (χ1n) is 4.60. The van der Waals surface area contributed by atoms with Crippen LogP contribution in [0.2, 0.25) is 5.02 Å². The minimum atomic E-state index is 0.368. The summed E-state index contributed by atoms with van der Waals surface area (Å²) in [6, 6.07) is 7.60. The van der Waals surface area contributed by atoms with Crippen LogP contribution in [0.5, 0.6) is 0 Å². The molecule has 0 unspecified atom stereocenters. The Bertz CT molecular complexity index is 485. The second kappa shape index (κ2) is 4.14. The van der Waals surface area contributed by atoms with Gasteiger partial charge in [-0.2, -0.15) is 5.06 Å². The Balaban J connectivity index is 2.63. The van der Waals surface area contributed by atoms with Crippen LogP contribution in [0.3, 0.4) is 0 Å². The average molecular weight is 223 g/mol. The second-order valence-corrected chi connectivity index (χ2v) is 3.82. The van der Waals surface area contributed by atoms with Crippen LogP contribution in [-0.2, 0) is 6.54 Å². The van der Waals surface area contributed by atoms with Gasteiger partial charge in [0.25, 0.3) is 0 Å². The number of aromatic nitrogens is 1. The fraction of sp³-hybridized carbons (Fsp3) is 0.182. The molecule has 0 radical (unpaired) electrons. The summed E-state index contributed by atoms with van der Waals surface area (Å²) in [5.74, 6) is 0. The van der Waals surface area contributed by atoms with E-state index in [0.29, 0.717) is 11.6 Å². The summed E-state index contributed by atoms with van der Waals surface area (Å²) < 4.78 is 0. The second-order valence-electron chi connectivity index (χ2n) is 3.42. The molecule has 0 saturated carbocycles. The van der Waals surface area contributed by atoms with Gasteiger partial charge in [-0.25, -0.2) is 0 Å².